The van der Waals surface area contributed by atoms with Crippen molar-refractivity contribution in [2.24, 2.45) is 11.7 Å². The SMILES string of the molecule is Cl.NCC1CCCN(C(=O)c2ccc(I)c(Cl)c2)C1. The number of carbonyl (C=O) groups is 1. The van der Waals surface area contributed by atoms with Crippen molar-refractivity contribution in [1.82, 2.24) is 4.90 Å². The predicted molar refractivity (Wildman–Crippen MR) is 89.1 cm³/mol. The maximum Gasteiger partial charge on any atom is 0.253 e. The van der Waals surface area contributed by atoms with Gasteiger partial charge in [0.05, 0.1) is 5.02 Å². The van der Waals surface area contributed by atoms with Crippen LogP contribution in [0.25, 0.3) is 0 Å². The molecule has 0 radical (unpaired) electrons. The van der Waals surface area contributed by atoms with Crippen LogP contribution in [0.1, 0.15) is 23.2 Å². The van der Waals surface area contributed by atoms with E-state index in [1.165, 1.54) is 0 Å². The van der Waals surface area contributed by atoms with Crippen LogP contribution in [0.2, 0.25) is 5.02 Å². The molecule has 1 heterocycles. The van der Waals surface area contributed by atoms with Crippen molar-refractivity contribution in [2.45, 2.75) is 12.8 Å². The summed E-state index contributed by atoms with van der Waals surface area (Å²) in [6.45, 7) is 2.23. The summed E-state index contributed by atoms with van der Waals surface area (Å²) in [5.41, 5.74) is 6.35. The molecule has 0 aromatic heterocycles. The summed E-state index contributed by atoms with van der Waals surface area (Å²) in [5.74, 6) is 0.494. The molecular weight excluding hydrogens is 398 g/mol. The number of halogens is 3. The summed E-state index contributed by atoms with van der Waals surface area (Å²) >= 11 is 8.21. The van der Waals surface area contributed by atoms with E-state index in [1.54, 1.807) is 6.07 Å². The van der Waals surface area contributed by atoms with Gasteiger partial charge < -0.3 is 10.6 Å². The first-order valence-corrected chi connectivity index (χ1v) is 7.52. The van der Waals surface area contributed by atoms with Gasteiger partial charge in [0.15, 0.2) is 0 Å². The van der Waals surface area contributed by atoms with Gasteiger partial charge in [-0.15, -0.1) is 12.4 Å². The average Bonchev–Trinajstić information content (AvgIpc) is 2.41. The van der Waals surface area contributed by atoms with E-state index >= 15 is 0 Å². The van der Waals surface area contributed by atoms with Crippen molar-refractivity contribution < 1.29 is 4.79 Å². The zero-order valence-corrected chi connectivity index (χ0v) is 14.2. The van der Waals surface area contributed by atoms with Crippen LogP contribution in [0.4, 0.5) is 0 Å². The molecule has 1 aromatic carbocycles. The Morgan fingerprint density at radius 2 is 2.26 bits per heavy atom. The third kappa shape index (κ3) is 4.21. The molecule has 0 saturated carbocycles. The van der Waals surface area contributed by atoms with Gasteiger partial charge in [-0.3, -0.25) is 4.79 Å². The predicted octanol–water partition coefficient (Wildman–Crippen LogP) is 3.18. The van der Waals surface area contributed by atoms with Crippen molar-refractivity contribution in [3.05, 3.63) is 32.4 Å². The van der Waals surface area contributed by atoms with Crippen LogP contribution in [-0.4, -0.2) is 30.4 Å². The molecular formula is C13H17Cl2IN2O. The fourth-order valence-electron chi connectivity index (χ4n) is 2.25. The Labute approximate surface area is 138 Å². The lowest BCUT2D eigenvalue weighted by atomic mass is 9.97. The topological polar surface area (TPSA) is 46.3 Å². The van der Waals surface area contributed by atoms with E-state index in [9.17, 15) is 4.79 Å². The summed E-state index contributed by atoms with van der Waals surface area (Å²) in [4.78, 5) is 14.2. The molecule has 1 atom stereocenters. The summed E-state index contributed by atoms with van der Waals surface area (Å²) in [6.07, 6.45) is 2.15. The standard InChI is InChI=1S/C13H16ClIN2O.ClH/c14-11-6-10(3-4-12(11)15)13(18)17-5-1-2-9(7-16)8-17;/h3-4,6,9H,1-2,5,7-8,16H2;1H. The number of nitrogens with zero attached hydrogens (tertiary/aromatic N) is 1. The Morgan fingerprint density at radius 1 is 1.53 bits per heavy atom. The Bertz CT molecular complexity index is 456. The maximum atomic E-state index is 12.3. The van der Waals surface area contributed by atoms with Crippen LogP contribution in [0.15, 0.2) is 18.2 Å². The Balaban J connectivity index is 0.00000180. The summed E-state index contributed by atoms with van der Waals surface area (Å²) in [7, 11) is 0. The van der Waals surface area contributed by atoms with Crippen molar-refractivity contribution in [3.8, 4) is 0 Å². The monoisotopic (exact) mass is 414 g/mol. The Hall–Kier alpha value is -0.0400. The average molecular weight is 415 g/mol. The second kappa shape index (κ2) is 7.67. The largest absolute Gasteiger partial charge is 0.338 e. The van der Waals surface area contributed by atoms with Gasteiger partial charge in [0.2, 0.25) is 0 Å². The zero-order valence-electron chi connectivity index (χ0n) is 10.4. The fourth-order valence-corrected chi connectivity index (χ4v) is 2.77. The first kappa shape index (κ1) is 17.0. The second-order valence-electron chi connectivity index (χ2n) is 4.62. The molecule has 1 unspecified atom stereocenters. The third-order valence-corrected chi connectivity index (χ3v) is 4.88. The van der Waals surface area contributed by atoms with Gasteiger partial charge in [-0.25, -0.2) is 0 Å². The van der Waals surface area contributed by atoms with Crippen LogP contribution in [0.3, 0.4) is 0 Å². The van der Waals surface area contributed by atoms with Crippen LogP contribution < -0.4 is 5.73 Å². The van der Waals surface area contributed by atoms with Crippen molar-refractivity contribution in [2.75, 3.05) is 19.6 Å². The Morgan fingerprint density at radius 3 is 2.89 bits per heavy atom. The summed E-state index contributed by atoms with van der Waals surface area (Å²) in [6, 6.07) is 5.46. The highest BCUT2D eigenvalue weighted by Gasteiger charge is 2.23. The molecule has 1 saturated heterocycles. The van der Waals surface area contributed by atoms with Gasteiger partial charge in [-0.1, -0.05) is 11.6 Å². The molecule has 2 N–H and O–H groups in total. The molecule has 106 valence electrons. The van der Waals surface area contributed by atoms with E-state index in [1.807, 2.05) is 17.0 Å². The van der Waals surface area contributed by atoms with Crippen LogP contribution >= 0.6 is 46.6 Å². The van der Waals surface area contributed by atoms with Crippen LogP contribution in [0.5, 0.6) is 0 Å². The molecule has 3 nitrogen and oxygen atoms in total. The van der Waals surface area contributed by atoms with Crippen molar-refractivity contribution in [3.63, 3.8) is 0 Å². The van der Waals surface area contributed by atoms with E-state index < -0.39 is 0 Å². The minimum Gasteiger partial charge on any atom is -0.338 e. The second-order valence-corrected chi connectivity index (χ2v) is 6.19. The van der Waals surface area contributed by atoms with E-state index in [-0.39, 0.29) is 18.3 Å². The smallest absolute Gasteiger partial charge is 0.253 e. The highest BCUT2D eigenvalue weighted by atomic mass is 127. The molecule has 1 aromatic rings. The highest BCUT2D eigenvalue weighted by molar-refractivity contribution is 14.1. The van der Waals surface area contributed by atoms with Gasteiger partial charge in [0, 0.05) is 22.2 Å². The van der Waals surface area contributed by atoms with Crippen LogP contribution in [0, 0.1) is 9.49 Å². The molecule has 0 bridgehead atoms. The molecule has 1 aliphatic rings. The number of hydrogen-bond donors (Lipinski definition) is 1. The van der Waals surface area contributed by atoms with Gasteiger partial charge in [0.1, 0.15) is 0 Å². The third-order valence-electron chi connectivity index (χ3n) is 3.31. The number of benzene rings is 1. The minimum atomic E-state index is 0. The molecule has 1 aliphatic heterocycles. The molecule has 19 heavy (non-hydrogen) atoms. The van der Waals surface area contributed by atoms with Crippen molar-refractivity contribution in [1.29, 1.82) is 0 Å². The molecule has 1 fully saturated rings. The lowest BCUT2D eigenvalue weighted by Crippen LogP contribution is -2.42. The molecule has 0 aliphatic carbocycles. The zero-order chi connectivity index (χ0) is 13.1. The maximum absolute atomic E-state index is 12.3. The van der Waals surface area contributed by atoms with E-state index in [2.05, 4.69) is 22.6 Å². The first-order chi connectivity index (χ1) is 8.61. The lowest BCUT2D eigenvalue weighted by molar-refractivity contribution is 0.0678. The first-order valence-electron chi connectivity index (χ1n) is 6.06. The van der Waals surface area contributed by atoms with Gasteiger partial charge in [0.25, 0.3) is 5.91 Å². The molecule has 2 rings (SSSR count). The number of nitrogens with two attached hydrogens (primary N) is 1. The molecule has 6 heteroatoms. The van der Waals surface area contributed by atoms with E-state index in [4.69, 9.17) is 17.3 Å². The number of piperidine rings is 1. The summed E-state index contributed by atoms with van der Waals surface area (Å²) in [5, 5.41) is 0.633. The summed E-state index contributed by atoms with van der Waals surface area (Å²) < 4.78 is 0.962. The van der Waals surface area contributed by atoms with Crippen molar-refractivity contribution >= 4 is 52.5 Å². The van der Waals surface area contributed by atoms with E-state index in [0.29, 0.717) is 23.0 Å². The fraction of sp³-hybridized carbons (Fsp3) is 0.462. The highest BCUT2D eigenvalue weighted by Crippen LogP contribution is 2.22. The lowest BCUT2D eigenvalue weighted by Gasteiger charge is -2.32. The van der Waals surface area contributed by atoms with Crippen LogP contribution in [-0.2, 0) is 0 Å². The van der Waals surface area contributed by atoms with Gasteiger partial charge in [-0.05, 0) is 66.1 Å². The Kier molecular flexibility index (Phi) is 6.86. The number of rotatable bonds is 2. The minimum absolute atomic E-state index is 0. The number of likely N-dealkylation sites (tertiary alicyclic amines) is 1. The number of hydrogen-bond acceptors (Lipinski definition) is 2. The number of carbonyl (C=O) groups excluding carboxylic acids is 1. The van der Waals surface area contributed by atoms with Gasteiger partial charge in [-0.2, -0.15) is 0 Å². The van der Waals surface area contributed by atoms with E-state index in [0.717, 1.165) is 29.5 Å². The number of amides is 1. The quantitative estimate of drug-likeness (QED) is 0.755. The normalized spacial score (nSPS) is 18.9. The molecule has 1 amide bonds. The van der Waals surface area contributed by atoms with Gasteiger partial charge >= 0.3 is 0 Å². The molecule has 0 spiro atoms.